The van der Waals surface area contributed by atoms with Gasteiger partial charge < -0.3 is 9.84 Å². The van der Waals surface area contributed by atoms with Crippen molar-refractivity contribution in [2.24, 2.45) is 0 Å². The summed E-state index contributed by atoms with van der Waals surface area (Å²) in [5.41, 5.74) is 0.273. The summed E-state index contributed by atoms with van der Waals surface area (Å²) in [6, 6.07) is 10.6. The van der Waals surface area contributed by atoms with Crippen LogP contribution in [-0.4, -0.2) is 23.4 Å². The van der Waals surface area contributed by atoms with Crippen LogP contribution >= 0.6 is 23.1 Å². The molecule has 0 saturated heterocycles. The average Bonchev–Trinajstić information content (AvgIpc) is 2.88. The number of hydrogen-bond acceptors (Lipinski definition) is 4. The summed E-state index contributed by atoms with van der Waals surface area (Å²) < 4.78 is 6.81. The van der Waals surface area contributed by atoms with Crippen LogP contribution in [0, 0.1) is 0 Å². The highest BCUT2D eigenvalue weighted by atomic mass is 32.2. The molecule has 94 valence electrons. The van der Waals surface area contributed by atoms with Gasteiger partial charge in [0.2, 0.25) is 0 Å². The average molecular weight is 280 g/mol. The number of carboxylic acid groups (broad SMARTS) is 1. The van der Waals surface area contributed by atoms with Crippen molar-refractivity contribution in [2.75, 3.05) is 12.4 Å². The largest absolute Gasteiger partial charge is 0.493 e. The summed E-state index contributed by atoms with van der Waals surface area (Å²) in [7, 11) is 0. The molecule has 2 aromatic rings. The topological polar surface area (TPSA) is 46.5 Å². The lowest BCUT2D eigenvalue weighted by Crippen LogP contribution is -2.01. The molecule has 0 radical (unpaired) electrons. The van der Waals surface area contributed by atoms with Crippen LogP contribution in [0.5, 0.6) is 5.75 Å². The quantitative estimate of drug-likeness (QED) is 0.648. The monoisotopic (exact) mass is 280 g/mol. The van der Waals surface area contributed by atoms with Crippen molar-refractivity contribution in [2.45, 2.75) is 4.21 Å². The second-order valence-corrected chi connectivity index (χ2v) is 5.80. The predicted octanol–water partition coefficient (Wildman–Crippen LogP) is 3.62. The van der Waals surface area contributed by atoms with Crippen LogP contribution in [0.2, 0.25) is 0 Å². The van der Waals surface area contributed by atoms with Gasteiger partial charge >= 0.3 is 5.97 Å². The van der Waals surface area contributed by atoms with E-state index in [9.17, 15) is 4.79 Å². The van der Waals surface area contributed by atoms with Crippen molar-refractivity contribution < 1.29 is 14.6 Å². The zero-order valence-electron chi connectivity index (χ0n) is 9.54. The van der Waals surface area contributed by atoms with Gasteiger partial charge in [-0.05, 0) is 35.7 Å². The van der Waals surface area contributed by atoms with E-state index in [4.69, 9.17) is 9.84 Å². The van der Waals surface area contributed by atoms with Crippen LogP contribution in [0.1, 0.15) is 10.4 Å². The van der Waals surface area contributed by atoms with E-state index in [1.54, 1.807) is 47.4 Å². The summed E-state index contributed by atoms with van der Waals surface area (Å²) in [6.45, 7) is 0.606. The molecule has 18 heavy (non-hydrogen) atoms. The molecule has 0 fully saturated rings. The van der Waals surface area contributed by atoms with Gasteiger partial charge in [0.1, 0.15) is 5.75 Å². The predicted molar refractivity (Wildman–Crippen MR) is 73.9 cm³/mol. The highest BCUT2D eigenvalue weighted by Crippen LogP contribution is 2.23. The fraction of sp³-hybridized carbons (Fsp3) is 0.154. The Hall–Kier alpha value is -1.46. The lowest BCUT2D eigenvalue weighted by atomic mass is 10.2. The summed E-state index contributed by atoms with van der Waals surface area (Å²) >= 11 is 3.47. The molecule has 2 rings (SSSR count). The summed E-state index contributed by atoms with van der Waals surface area (Å²) in [6.07, 6.45) is 0. The Balaban J connectivity index is 1.75. The van der Waals surface area contributed by atoms with Crippen LogP contribution < -0.4 is 4.74 Å². The zero-order valence-corrected chi connectivity index (χ0v) is 11.2. The Morgan fingerprint density at radius 3 is 2.67 bits per heavy atom. The minimum atomic E-state index is -0.921. The number of ether oxygens (including phenoxy) is 1. The number of thioether (sulfide) groups is 1. The molecule has 5 heteroatoms. The van der Waals surface area contributed by atoms with Gasteiger partial charge in [0.25, 0.3) is 0 Å². The number of benzene rings is 1. The number of aromatic carboxylic acids is 1. The number of carboxylic acids is 1. The van der Waals surface area contributed by atoms with Crippen molar-refractivity contribution >= 4 is 29.1 Å². The minimum absolute atomic E-state index is 0.273. The highest BCUT2D eigenvalue weighted by molar-refractivity contribution is 8.01. The van der Waals surface area contributed by atoms with Gasteiger partial charge in [-0.1, -0.05) is 6.07 Å². The molecule has 0 bridgehead atoms. The third-order valence-electron chi connectivity index (χ3n) is 2.19. The van der Waals surface area contributed by atoms with E-state index in [0.717, 1.165) is 5.75 Å². The first-order valence-electron chi connectivity index (χ1n) is 5.38. The van der Waals surface area contributed by atoms with Crippen molar-refractivity contribution in [1.82, 2.24) is 0 Å². The van der Waals surface area contributed by atoms with Gasteiger partial charge in [0, 0.05) is 5.75 Å². The van der Waals surface area contributed by atoms with E-state index in [1.807, 2.05) is 11.4 Å². The maximum atomic E-state index is 10.7. The molecule has 0 amide bonds. The first kappa shape index (κ1) is 13.0. The van der Waals surface area contributed by atoms with E-state index in [2.05, 4.69) is 6.07 Å². The lowest BCUT2D eigenvalue weighted by molar-refractivity contribution is 0.0697. The molecule has 1 N–H and O–H groups in total. The van der Waals surface area contributed by atoms with Crippen molar-refractivity contribution in [3.05, 3.63) is 47.3 Å². The third kappa shape index (κ3) is 3.78. The number of carbonyl (C=O) groups is 1. The van der Waals surface area contributed by atoms with E-state index in [0.29, 0.717) is 12.4 Å². The molecule has 1 heterocycles. The molecular weight excluding hydrogens is 268 g/mol. The van der Waals surface area contributed by atoms with Crippen molar-refractivity contribution in [3.8, 4) is 5.75 Å². The van der Waals surface area contributed by atoms with Gasteiger partial charge in [-0.25, -0.2) is 4.79 Å². The molecule has 0 aliphatic rings. The molecule has 1 aromatic heterocycles. The molecule has 0 saturated carbocycles. The maximum absolute atomic E-state index is 10.7. The molecule has 0 atom stereocenters. The molecule has 0 aliphatic carbocycles. The van der Waals surface area contributed by atoms with Gasteiger partial charge in [-0.2, -0.15) is 0 Å². The second kappa shape index (κ2) is 6.47. The molecular formula is C13H12O3S2. The van der Waals surface area contributed by atoms with E-state index in [1.165, 1.54) is 4.21 Å². The standard InChI is InChI=1S/C13H12O3S2/c14-13(15)10-3-5-11(6-4-10)16-7-9-18-12-2-1-8-17-12/h1-6,8H,7,9H2,(H,14,15). The molecule has 3 nitrogen and oxygen atoms in total. The summed E-state index contributed by atoms with van der Waals surface area (Å²) in [5, 5.41) is 10.8. The second-order valence-electron chi connectivity index (χ2n) is 3.46. The zero-order chi connectivity index (χ0) is 12.8. The van der Waals surface area contributed by atoms with E-state index < -0.39 is 5.97 Å². The Morgan fingerprint density at radius 2 is 2.06 bits per heavy atom. The smallest absolute Gasteiger partial charge is 0.335 e. The van der Waals surface area contributed by atoms with Crippen LogP contribution in [0.25, 0.3) is 0 Å². The van der Waals surface area contributed by atoms with Gasteiger partial charge in [0.15, 0.2) is 0 Å². The number of thiophene rings is 1. The Labute approximate surface area is 113 Å². The normalized spacial score (nSPS) is 10.2. The Bertz CT molecular complexity index is 491. The lowest BCUT2D eigenvalue weighted by Gasteiger charge is -2.05. The van der Waals surface area contributed by atoms with Crippen LogP contribution in [0.15, 0.2) is 46.0 Å². The SMILES string of the molecule is O=C(O)c1ccc(OCCSc2cccs2)cc1. The Morgan fingerprint density at radius 1 is 1.28 bits per heavy atom. The molecule has 0 aliphatic heterocycles. The Kier molecular flexibility index (Phi) is 4.66. The van der Waals surface area contributed by atoms with Crippen LogP contribution in [0.4, 0.5) is 0 Å². The molecule has 1 aromatic carbocycles. The molecule has 0 unspecified atom stereocenters. The third-order valence-corrected chi connectivity index (χ3v) is 4.29. The van der Waals surface area contributed by atoms with Crippen LogP contribution in [-0.2, 0) is 0 Å². The van der Waals surface area contributed by atoms with E-state index in [-0.39, 0.29) is 5.56 Å². The van der Waals surface area contributed by atoms with E-state index >= 15 is 0 Å². The number of hydrogen-bond donors (Lipinski definition) is 1. The number of rotatable bonds is 6. The fourth-order valence-corrected chi connectivity index (χ4v) is 3.02. The molecule has 0 spiro atoms. The first-order chi connectivity index (χ1) is 8.75. The van der Waals surface area contributed by atoms with Gasteiger partial charge in [-0.15, -0.1) is 23.1 Å². The minimum Gasteiger partial charge on any atom is -0.493 e. The van der Waals surface area contributed by atoms with Gasteiger partial charge in [-0.3, -0.25) is 0 Å². The van der Waals surface area contributed by atoms with Crippen molar-refractivity contribution in [3.63, 3.8) is 0 Å². The van der Waals surface area contributed by atoms with Crippen LogP contribution in [0.3, 0.4) is 0 Å². The fourth-order valence-electron chi connectivity index (χ4n) is 1.34. The highest BCUT2D eigenvalue weighted by Gasteiger charge is 2.02. The van der Waals surface area contributed by atoms with Crippen molar-refractivity contribution in [1.29, 1.82) is 0 Å². The summed E-state index contributed by atoms with van der Waals surface area (Å²) in [5.74, 6) is 0.655. The first-order valence-corrected chi connectivity index (χ1v) is 7.25. The summed E-state index contributed by atoms with van der Waals surface area (Å²) in [4.78, 5) is 10.7. The maximum Gasteiger partial charge on any atom is 0.335 e. The van der Waals surface area contributed by atoms with Gasteiger partial charge in [0.05, 0.1) is 16.4 Å².